The molecule has 3 rings (SSSR count). The molecule has 0 radical (unpaired) electrons. The molecule has 1 aliphatic heterocycles. The first-order chi connectivity index (χ1) is 11.6. The van der Waals surface area contributed by atoms with Gasteiger partial charge in [-0.3, -0.25) is 4.79 Å². The fraction of sp³-hybridized carbons (Fsp3) is 0.211. The molecule has 2 aromatic rings. The molecule has 0 unspecified atom stereocenters. The summed E-state index contributed by atoms with van der Waals surface area (Å²) in [5.41, 5.74) is 4.23. The highest BCUT2D eigenvalue weighted by Gasteiger charge is 2.24. The van der Waals surface area contributed by atoms with Gasteiger partial charge < -0.3 is 19.5 Å². The van der Waals surface area contributed by atoms with E-state index in [0.29, 0.717) is 22.8 Å². The molecule has 0 aromatic heterocycles. The van der Waals surface area contributed by atoms with Crippen LogP contribution in [0.4, 0.5) is 5.69 Å². The van der Waals surface area contributed by atoms with E-state index in [1.807, 2.05) is 43.3 Å². The second-order valence-corrected chi connectivity index (χ2v) is 5.52. The van der Waals surface area contributed by atoms with Crippen LogP contribution in [0.3, 0.4) is 0 Å². The van der Waals surface area contributed by atoms with Crippen molar-refractivity contribution >= 4 is 23.2 Å². The number of carbonyl (C=O) groups is 1. The Bertz CT molecular complexity index is 814. The molecule has 1 heterocycles. The van der Waals surface area contributed by atoms with Crippen molar-refractivity contribution in [1.29, 1.82) is 0 Å². The maximum Gasteiger partial charge on any atom is 0.256 e. The number of ether oxygens (including phenoxy) is 3. The molecule has 1 amide bonds. The molecule has 0 bridgehead atoms. The fourth-order valence-electron chi connectivity index (χ4n) is 2.80. The average Bonchev–Trinajstić information content (AvgIpc) is 2.89. The Morgan fingerprint density at radius 3 is 2.21 bits per heavy atom. The fourth-order valence-corrected chi connectivity index (χ4v) is 2.80. The summed E-state index contributed by atoms with van der Waals surface area (Å²) in [6.45, 7) is 2.00. The van der Waals surface area contributed by atoms with Crippen LogP contribution >= 0.6 is 0 Å². The smallest absolute Gasteiger partial charge is 0.256 e. The summed E-state index contributed by atoms with van der Waals surface area (Å²) in [6.07, 6.45) is 1.82. The van der Waals surface area contributed by atoms with Crippen molar-refractivity contribution in [2.45, 2.75) is 6.92 Å². The van der Waals surface area contributed by atoms with Crippen LogP contribution in [0, 0.1) is 6.92 Å². The third-order valence-electron chi connectivity index (χ3n) is 3.96. The van der Waals surface area contributed by atoms with Gasteiger partial charge in [0.15, 0.2) is 11.5 Å². The number of amides is 1. The van der Waals surface area contributed by atoms with Gasteiger partial charge in [0.2, 0.25) is 5.75 Å². The largest absolute Gasteiger partial charge is 0.493 e. The van der Waals surface area contributed by atoms with Crippen LogP contribution in [0.2, 0.25) is 0 Å². The van der Waals surface area contributed by atoms with Gasteiger partial charge in [0.25, 0.3) is 5.91 Å². The predicted molar refractivity (Wildman–Crippen MR) is 93.8 cm³/mol. The first-order valence-corrected chi connectivity index (χ1v) is 7.51. The maximum absolute atomic E-state index is 12.3. The Kier molecular flexibility index (Phi) is 4.16. The van der Waals surface area contributed by atoms with Gasteiger partial charge in [0.1, 0.15) is 0 Å². The lowest BCUT2D eigenvalue weighted by Crippen LogP contribution is -2.03. The number of methoxy groups -OCH3 is 3. The van der Waals surface area contributed by atoms with Crippen LogP contribution in [0.5, 0.6) is 17.2 Å². The zero-order chi connectivity index (χ0) is 17.3. The topological polar surface area (TPSA) is 56.8 Å². The monoisotopic (exact) mass is 325 g/mol. The minimum Gasteiger partial charge on any atom is -0.493 e. The van der Waals surface area contributed by atoms with Crippen molar-refractivity contribution in [1.82, 2.24) is 0 Å². The van der Waals surface area contributed by atoms with Crippen molar-refractivity contribution < 1.29 is 19.0 Å². The Labute approximate surface area is 140 Å². The van der Waals surface area contributed by atoms with Crippen LogP contribution in [-0.4, -0.2) is 27.2 Å². The summed E-state index contributed by atoms with van der Waals surface area (Å²) in [5.74, 6) is 1.50. The molecule has 0 saturated carbocycles. The lowest BCUT2D eigenvalue weighted by Gasteiger charge is -2.13. The Balaban J connectivity index is 2.13. The van der Waals surface area contributed by atoms with Crippen LogP contribution in [-0.2, 0) is 4.79 Å². The third kappa shape index (κ3) is 2.69. The number of rotatable bonds is 4. The quantitative estimate of drug-likeness (QED) is 0.874. The van der Waals surface area contributed by atoms with Crippen molar-refractivity contribution in [2.75, 3.05) is 26.6 Å². The van der Waals surface area contributed by atoms with E-state index in [-0.39, 0.29) is 5.91 Å². The normalized spacial score (nSPS) is 14.3. The number of carbonyl (C=O) groups excluding carboxylic acids is 1. The van der Waals surface area contributed by atoms with Gasteiger partial charge in [-0.15, -0.1) is 0 Å². The Hall–Kier alpha value is -2.95. The van der Waals surface area contributed by atoms with Crippen LogP contribution in [0.1, 0.15) is 16.7 Å². The minimum atomic E-state index is -0.121. The number of aryl methyl sites for hydroxylation is 1. The highest BCUT2D eigenvalue weighted by Crippen LogP contribution is 2.40. The lowest BCUT2D eigenvalue weighted by molar-refractivity contribution is -0.110. The van der Waals surface area contributed by atoms with E-state index < -0.39 is 0 Å². The summed E-state index contributed by atoms with van der Waals surface area (Å²) in [7, 11) is 4.69. The van der Waals surface area contributed by atoms with Crippen molar-refractivity contribution in [3.63, 3.8) is 0 Å². The van der Waals surface area contributed by atoms with Crippen molar-refractivity contribution in [3.05, 3.63) is 47.0 Å². The standard InChI is InChI=1S/C19H19NO4/c1-11-5-6-15-13(7-11)14(19(21)20-15)8-12-9-16(22-2)18(24-4)17(10-12)23-3/h5-10H,1-4H3,(H,20,21)/b14-8+. The summed E-state index contributed by atoms with van der Waals surface area (Å²) >= 11 is 0. The molecule has 5 heteroatoms. The molecule has 1 aliphatic rings. The number of hydrogen-bond acceptors (Lipinski definition) is 4. The number of benzene rings is 2. The zero-order valence-electron chi connectivity index (χ0n) is 14.1. The summed E-state index contributed by atoms with van der Waals surface area (Å²) < 4.78 is 16.1. The highest BCUT2D eigenvalue weighted by molar-refractivity contribution is 6.35. The minimum absolute atomic E-state index is 0.121. The molecule has 0 saturated heterocycles. The molecular weight excluding hydrogens is 306 g/mol. The molecule has 5 nitrogen and oxygen atoms in total. The molecule has 24 heavy (non-hydrogen) atoms. The van der Waals surface area contributed by atoms with E-state index in [9.17, 15) is 4.79 Å². The summed E-state index contributed by atoms with van der Waals surface area (Å²) in [6, 6.07) is 9.52. The van der Waals surface area contributed by atoms with E-state index in [1.165, 1.54) is 0 Å². The van der Waals surface area contributed by atoms with Gasteiger partial charge in [-0.25, -0.2) is 0 Å². The molecular formula is C19H19NO4. The van der Waals surface area contributed by atoms with Crippen LogP contribution in [0.25, 0.3) is 11.6 Å². The van der Waals surface area contributed by atoms with Gasteiger partial charge in [-0.05, 0) is 42.8 Å². The highest BCUT2D eigenvalue weighted by atomic mass is 16.5. The van der Waals surface area contributed by atoms with E-state index in [4.69, 9.17) is 14.2 Å². The molecule has 124 valence electrons. The Morgan fingerprint density at radius 2 is 1.62 bits per heavy atom. The molecule has 0 spiro atoms. The molecule has 0 fully saturated rings. The summed E-state index contributed by atoms with van der Waals surface area (Å²) in [4.78, 5) is 12.3. The molecule has 1 N–H and O–H groups in total. The number of nitrogens with one attached hydrogen (secondary N) is 1. The van der Waals surface area contributed by atoms with Gasteiger partial charge >= 0.3 is 0 Å². The zero-order valence-corrected chi connectivity index (χ0v) is 14.1. The molecule has 2 aromatic carbocycles. The Morgan fingerprint density at radius 1 is 0.958 bits per heavy atom. The van der Waals surface area contributed by atoms with Gasteiger partial charge in [-0.1, -0.05) is 11.6 Å². The molecule has 0 atom stereocenters. The van der Waals surface area contributed by atoms with E-state index in [1.54, 1.807) is 21.3 Å². The van der Waals surface area contributed by atoms with Gasteiger partial charge in [-0.2, -0.15) is 0 Å². The number of hydrogen-bond donors (Lipinski definition) is 1. The average molecular weight is 325 g/mol. The second-order valence-electron chi connectivity index (χ2n) is 5.52. The van der Waals surface area contributed by atoms with E-state index >= 15 is 0 Å². The van der Waals surface area contributed by atoms with E-state index in [2.05, 4.69) is 5.32 Å². The maximum atomic E-state index is 12.3. The SMILES string of the molecule is COc1cc(/C=C2/C(=O)Nc3ccc(C)cc32)cc(OC)c1OC. The second kappa shape index (κ2) is 6.28. The van der Waals surface area contributed by atoms with Crippen molar-refractivity contribution in [2.24, 2.45) is 0 Å². The van der Waals surface area contributed by atoms with E-state index in [0.717, 1.165) is 22.4 Å². The first-order valence-electron chi connectivity index (χ1n) is 7.51. The lowest BCUT2D eigenvalue weighted by atomic mass is 10.0. The van der Waals surface area contributed by atoms with Gasteiger partial charge in [0, 0.05) is 16.8 Å². The van der Waals surface area contributed by atoms with Crippen molar-refractivity contribution in [3.8, 4) is 17.2 Å². The number of anilines is 1. The van der Waals surface area contributed by atoms with Crippen LogP contribution < -0.4 is 19.5 Å². The number of fused-ring (bicyclic) bond motifs is 1. The molecule has 0 aliphatic carbocycles. The first kappa shape index (κ1) is 15.9. The predicted octanol–water partition coefficient (Wildman–Crippen LogP) is 3.51. The van der Waals surface area contributed by atoms with Gasteiger partial charge in [0.05, 0.1) is 21.3 Å². The summed E-state index contributed by atoms with van der Waals surface area (Å²) in [5, 5.41) is 2.88. The third-order valence-corrected chi connectivity index (χ3v) is 3.96. The van der Waals surface area contributed by atoms with Crippen LogP contribution in [0.15, 0.2) is 30.3 Å².